The van der Waals surface area contributed by atoms with Crippen molar-refractivity contribution in [3.05, 3.63) is 29.3 Å². The number of aliphatic imine (C=N–C) groups is 1. The van der Waals surface area contributed by atoms with Gasteiger partial charge in [-0.15, -0.1) is 11.8 Å². The van der Waals surface area contributed by atoms with Crippen molar-refractivity contribution in [3.8, 4) is 0 Å². The average Bonchev–Trinajstić information content (AvgIpc) is 2.52. The maximum absolute atomic E-state index is 11.6. The number of nitrogens with one attached hydrogen (secondary N) is 3. The molecule has 0 aliphatic carbocycles. The van der Waals surface area contributed by atoms with Gasteiger partial charge in [-0.1, -0.05) is 11.6 Å². The molecule has 0 heterocycles. The van der Waals surface area contributed by atoms with Crippen molar-refractivity contribution in [3.63, 3.8) is 0 Å². The third kappa shape index (κ3) is 9.67. The van der Waals surface area contributed by atoms with E-state index < -0.39 is 0 Å². The molecule has 134 valence electrons. The molecule has 1 amide bonds. The lowest BCUT2D eigenvalue weighted by Gasteiger charge is -2.11. The zero-order valence-electron chi connectivity index (χ0n) is 14.6. The summed E-state index contributed by atoms with van der Waals surface area (Å²) in [6.45, 7) is 7.96. The van der Waals surface area contributed by atoms with Gasteiger partial charge >= 0.3 is 0 Å². The van der Waals surface area contributed by atoms with E-state index in [9.17, 15) is 4.79 Å². The summed E-state index contributed by atoms with van der Waals surface area (Å²) < 4.78 is 0. The van der Waals surface area contributed by atoms with Crippen LogP contribution in [0.25, 0.3) is 0 Å². The normalized spacial score (nSPS) is 11.5. The second-order valence-corrected chi connectivity index (χ2v) is 7.07. The van der Waals surface area contributed by atoms with Crippen molar-refractivity contribution >= 4 is 35.2 Å². The molecule has 1 aromatic carbocycles. The van der Waals surface area contributed by atoms with Crippen molar-refractivity contribution in [1.29, 1.82) is 0 Å². The number of hydrogen-bond donors (Lipinski definition) is 3. The average molecular weight is 371 g/mol. The number of hydrogen-bond acceptors (Lipinski definition) is 3. The number of halogens is 1. The fourth-order valence-electron chi connectivity index (χ4n) is 1.87. The first-order chi connectivity index (χ1) is 11.5. The molecule has 0 aliphatic rings. The lowest BCUT2D eigenvalue weighted by atomic mass is 10.3. The van der Waals surface area contributed by atoms with Gasteiger partial charge in [0.25, 0.3) is 0 Å². The fraction of sp³-hybridized carbons (Fsp3) is 0.529. The molecule has 24 heavy (non-hydrogen) atoms. The van der Waals surface area contributed by atoms with Crippen molar-refractivity contribution < 1.29 is 4.79 Å². The quantitative estimate of drug-likeness (QED) is 0.270. The summed E-state index contributed by atoms with van der Waals surface area (Å²) in [6.07, 6.45) is 0.397. The Morgan fingerprint density at radius 1 is 1.25 bits per heavy atom. The smallest absolute Gasteiger partial charge is 0.222 e. The van der Waals surface area contributed by atoms with Gasteiger partial charge in [-0.05, 0) is 45.0 Å². The molecular weight excluding hydrogens is 344 g/mol. The van der Waals surface area contributed by atoms with Gasteiger partial charge in [0.1, 0.15) is 0 Å². The van der Waals surface area contributed by atoms with Crippen LogP contribution in [0.3, 0.4) is 0 Å². The summed E-state index contributed by atoms with van der Waals surface area (Å²) in [6, 6.07) is 7.98. The summed E-state index contributed by atoms with van der Waals surface area (Å²) in [7, 11) is 0. The molecule has 0 fully saturated rings. The Hall–Kier alpha value is -1.40. The third-order valence-corrected chi connectivity index (χ3v) is 4.15. The first-order valence-corrected chi connectivity index (χ1v) is 9.57. The van der Waals surface area contributed by atoms with Gasteiger partial charge in [0.15, 0.2) is 5.96 Å². The third-order valence-electron chi connectivity index (χ3n) is 2.88. The Bertz CT molecular complexity index is 520. The van der Waals surface area contributed by atoms with Crippen LogP contribution < -0.4 is 16.0 Å². The standard InChI is InChI=1S/C17H27ClN4OS/c1-4-19-17(20-10-9-16(23)22-13(2)3)21-11-12-24-15-7-5-14(18)6-8-15/h5-8,13H,4,9-12H2,1-3H3,(H,22,23)(H2,19,20,21). The highest BCUT2D eigenvalue weighted by atomic mass is 35.5. The molecule has 0 aliphatic heterocycles. The first kappa shape index (κ1) is 20.6. The van der Waals surface area contributed by atoms with E-state index in [1.54, 1.807) is 11.8 Å². The van der Waals surface area contributed by atoms with Crippen LogP contribution in [0.2, 0.25) is 5.02 Å². The van der Waals surface area contributed by atoms with Gasteiger partial charge in [0.05, 0.1) is 6.54 Å². The summed E-state index contributed by atoms with van der Waals surface area (Å²) in [5, 5.41) is 10.1. The largest absolute Gasteiger partial charge is 0.357 e. The van der Waals surface area contributed by atoms with Crippen molar-refractivity contribution in [2.45, 2.75) is 38.1 Å². The molecule has 0 atom stereocenters. The van der Waals surface area contributed by atoms with Crippen LogP contribution >= 0.6 is 23.4 Å². The molecule has 0 aromatic heterocycles. The van der Waals surface area contributed by atoms with Crippen LogP contribution in [-0.4, -0.2) is 43.3 Å². The van der Waals surface area contributed by atoms with E-state index in [0.717, 1.165) is 29.8 Å². The van der Waals surface area contributed by atoms with Gasteiger partial charge in [0.2, 0.25) is 5.91 Å². The molecule has 3 N–H and O–H groups in total. The van der Waals surface area contributed by atoms with Gasteiger partial charge in [-0.3, -0.25) is 9.79 Å². The molecule has 1 rings (SSSR count). The topological polar surface area (TPSA) is 65.5 Å². The molecule has 0 bridgehead atoms. The van der Waals surface area contributed by atoms with Crippen molar-refractivity contribution in [1.82, 2.24) is 16.0 Å². The molecule has 0 radical (unpaired) electrons. The zero-order valence-corrected chi connectivity index (χ0v) is 16.1. The van der Waals surface area contributed by atoms with Crippen molar-refractivity contribution in [2.24, 2.45) is 4.99 Å². The van der Waals surface area contributed by atoms with Gasteiger partial charge in [0, 0.05) is 41.2 Å². The molecule has 0 unspecified atom stereocenters. The van der Waals surface area contributed by atoms with Crippen LogP contribution in [0.4, 0.5) is 0 Å². The lowest BCUT2D eigenvalue weighted by Crippen LogP contribution is -2.38. The number of guanidine groups is 1. The van der Waals surface area contributed by atoms with Crippen LogP contribution in [-0.2, 0) is 4.79 Å². The number of thioether (sulfide) groups is 1. The summed E-state index contributed by atoms with van der Waals surface area (Å²) in [5.74, 6) is 1.69. The van der Waals surface area contributed by atoms with Crippen molar-refractivity contribution in [2.75, 3.05) is 25.4 Å². The molecular formula is C17H27ClN4OS. The van der Waals surface area contributed by atoms with E-state index in [4.69, 9.17) is 11.6 Å². The summed E-state index contributed by atoms with van der Waals surface area (Å²) in [5.41, 5.74) is 0. The Morgan fingerprint density at radius 2 is 1.96 bits per heavy atom. The van der Waals surface area contributed by atoms with E-state index in [2.05, 4.69) is 20.9 Å². The highest BCUT2D eigenvalue weighted by molar-refractivity contribution is 7.99. The second kappa shape index (κ2) is 12.0. The number of benzene rings is 1. The number of rotatable bonds is 9. The van der Waals surface area contributed by atoms with Crippen LogP contribution in [0.5, 0.6) is 0 Å². The minimum Gasteiger partial charge on any atom is -0.357 e. The molecule has 0 saturated heterocycles. The minimum absolute atomic E-state index is 0.0305. The monoisotopic (exact) mass is 370 g/mol. The minimum atomic E-state index is 0.0305. The SMILES string of the molecule is CCNC(=NCCC(=O)NC(C)C)NCCSc1ccc(Cl)cc1. The Balaban J connectivity index is 2.30. The number of carbonyl (C=O) groups excluding carboxylic acids is 1. The Labute approximate surface area is 154 Å². The lowest BCUT2D eigenvalue weighted by molar-refractivity contribution is -0.121. The van der Waals surface area contributed by atoms with E-state index in [0.29, 0.717) is 13.0 Å². The van der Waals surface area contributed by atoms with Gasteiger partial charge in [-0.2, -0.15) is 0 Å². The van der Waals surface area contributed by atoms with Crippen LogP contribution in [0.15, 0.2) is 34.2 Å². The van der Waals surface area contributed by atoms with E-state index >= 15 is 0 Å². The maximum atomic E-state index is 11.6. The number of nitrogens with zero attached hydrogens (tertiary/aromatic N) is 1. The number of amides is 1. The molecule has 7 heteroatoms. The van der Waals surface area contributed by atoms with Crippen LogP contribution in [0.1, 0.15) is 27.2 Å². The van der Waals surface area contributed by atoms with Gasteiger partial charge < -0.3 is 16.0 Å². The maximum Gasteiger partial charge on any atom is 0.222 e. The summed E-state index contributed by atoms with van der Waals surface area (Å²) >= 11 is 7.63. The molecule has 0 saturated carbocycles. The molecule has 0 spiro atoms. The summed E-state index contributed by atoms with van der Waals surface area (Å²) in [4.78, 5) is 17.2. The highest BCUT2D eigenvalue weighted by Crippen LogP contribution is 2.19. The first-order valence-electron chi connectivity index (χ1n) is 8.21. The van der Waals surface area contributed by atoms with Crippen LogP contribution in [0, 0.1) is 0 Å². The predicted octanol–water partition coefficient (Wildman–Crippen LogP) is 2.90. The van der Waals surface area contributed by atoms with E-state index in [-0.39, 0.29) is 11.9 Å². The van der Waals surface area contributed by atoms with E-state index in [1.165, 1.54) is 4.90 Å². The van der Waals surface area contributed by atoms with Gasteiger partial charge in [-0.25, -0.2) is 0 Å². The predicted molar refractivity (Wildman–Crippen MR) is 104 cm³/mol. The zero-order chi connectivity index (χ0) is 17.8. The second-order valence-electron chi connectivity index (χ2n) is 5.46. The Morgan fingerprint density at radius 3 is 2.58 bits per heavy atom. The molecule has 1 aromatic rings. The van der Waals surface area contributed by atoms with E-state index in [1.807, 2.05) is 45.0 Å². The highest BCUT2D eigenvalue weighted by Gasteiger charge is 2.03. The number of carbonyl (C=O) groups is 1. The molecule has 5 nitrogen and oxygen atoms in total. The fourth-order valence-corrected chi connectivity index (χ4v) is 2.77. The Kier molecular flexibility index (Phi) is 10.4.